The van der Waals surface area contributed by atoms with Crippen molar-refractivity contribution in [2.75, 3.05) is 13.1 Å². The SMILES string of the molecule is O=C(NCCc1nc2c(s1)CCCC2)NCC(O)c1ccncc1. The summed E-state index contributed by atoms with van der Waals surface area (Å²) in [5.74, 6) is 0. The predicted octanol–water partition coefficient (Wildman–Crippen LogP) is 1.99. The van der Waals surface area contributed by atoms with Gasteiger partial charge in [0.05, 0.1) is 16.8 Å². The molecule has 0 radical (unpaired) electrons. The number of aliphatic hydroxyl groups is 1. The second-order valence-electron chi connectivity index (χ2n) is 5.87. The lowest BCUT2D eigenvalue weighted by Crippen LogP contribution is -2.38. The van der Waals surface area contributed by atoms with Gasteiger partial charge in [-0.05, 0) is 43.4 Å². The summed E-state index contributed by atoms with van der Waals surface area (Å²) in [5.41, 5.74) is 1.99. The Balaban J connectivity index is 1.37. The predicted molar refractivity (Wildman–Crippen MR) is 93.1 cm³/mol. The number of aromatic nitrogens is 2. The van der Waals surface area contributed by atoms with Crippen LogP contribution >= 0.6 is 11.3 Å². The van der Waals surface area contributed by atoms with Crippen molar-refractivity contribution in [3.63, 3.8) is 0 Å². The lowest BCUT2D eigenvalue weighted by molar-refractivity contribution is 0.173. The summed E-state index contributed by atoms with van der Waals surface area (Å²) in [4.78, 5) is 21.8. The molecule has 0 saturated heterocycles. The highest BCUT2D eigenvalue weighted by molar-refractivity contribution is 7.11. The van der Waals surface area contributed by atoms with Crippen molar-refractivity contribution < 1.29 is 9.90 Å². The van der Waals surface area contributed by atoms with Crippen LogP contribution in [0.5, 0.6) is 0 Å². The zero-order valence-electron chi connectivity index (χ0n) is 13.5. The number of nitrogens with zero attached hydrogens (tertiary/aromatic N) is 2. The highest BCUT2D eigenvalue weighted by Crippen LogP contribution is 2.26. The fraction of sp³-hybridized carbons (Fsp3) is 0.471. The summed E-state index contributed by atoms with van der Waals surface area (Å²) in [5, 5.41) is 16.6. The topological polar surface area (TPSA) is 87.1 Å². The summed E-state index contributed by atoms with van der Waals surface area (Å²) >= 11 is 1.77. The second kappa shape index (κ2) is 8.21. The zero-order valence-corrected chi connectivity index (χ0v) is 14.3. The van der Waals surface area contributed by atoms with Gasteiger partial charge >= 0.3 is 6.03 Å². The molecule has 0 aromatic carbocycles. The van der Waals surface area contributed by atoms with E-state index in [9.17, 15) is 9.90 Å². The highest BCUT2D eigenvalue weighted by Gasteiger charge is 2.15. The number of aryl methyl sites for hydroxylation is 2. The van der Waals surface area contributed by atoms with Crippen molar-refractivity contribution in [2.24, 2.45) is 0 Å². The molecule has 1 atom stereocenters. The van der Waals surface area contributed by atoms with Crippen LogP contribution in [0.15, 0.2) is 24.5 Å². The number of fused-ring (bicyclic) bond motifs is 1. The molecule has 0 bridgehead atoms. The van der Waals surface area contributed by atoms with Crippen LogP contribution < -0.4 is 10.6 Å². The van der Waals surface area contributed by atoms with E-state index in [-0.39, 0.29) is 12.6 Å². The number of urea groups is 1. The Morgan fingerprint density at radius 3 is 2.83 bits per heavy atom. The Hall–Kier alpha value is -1.99. The average Bonchev–Trinajstić information content (AvgIpc) is 3.03. The van der Waals surface area contributed by atoms with Crippen molar-refractivity contribution >= 4 is 17.4 Å². The molecule has 2 aromatic rings. The van der Waals surface area contributed by atoms with Crippen LogP contribution in [0.2, 0.25) is 0 Å². The fourth-order valence-corrected chi connectivity index (χ4v) is 3.91. The Bertz CT molecular complexity index is 651. The number of pyridine rings is 1. The quantitative estimate of drug-likeness (QED) is 0.746. The van der Waals surface area contributed by atoms with Gasteiger partial charge in [0.25, 0.3) is 0 Å². The largest absolute Gasteiger partial charge is 0.387 e. The van der Waals surface area contributed by atoms with E-state index in [4.69, 9.17) is 0 Å². The maximum atomic E-state index is 11.8. The normalized spacial score (nSPS) is 14.7. The first-order valence-electron chi connectivity index (χ1n) is 8.29. The molecule has 0 spiro atoms. The second-order valence-corrected chi connectivity index (χ2v) is 7.04. The Labute approximate surface area is 145 Å². The molecular formula is C17H22N4O2S. The fourth-order valence-electron chi connectivity index (χ4n) is 2.75. The number of carbonyl (C=O) groups is 1. The molecule has 1 aliphatic carbocycles. The number of hydrogen-bond donors (Lipinski definition) is 3. The number of nitrogens with one attached hydrogen (secondary N) is 2. The van der Waals surface area contributed by atoms with Crippen molar-refractivity contribution in [1.82, 2.24) is 20.6 Å². The van der Waals surface area contributed by atoms with E-state index in [1.54, 1.807) is 35.9 Å². The Morgan fingerprint density at radius 1 is 1.25 bits per heavy atom. The van der Waals surface area contributed by atoms with Crippen LogP contribution in [0.1, 0.15) is 40.1 Å². The van der Waals surface area contributed by atoms with Crippen molar-refractivity contribution in [2.45, 2.75) is 38.2 Å². The van der Waals surface area contributed by atoms with Crippen LogP contribution in [-0.4, -0.2) is 34.2 Å². The number of amides is 2. The first-order chi connectivity index (χ1) is 11.7. The molecule has 0 aliphatic heterocycles. The van der Waals surface area contributed by atoms with Crippen molar-refractivity contribution in [3.05, 3.63) is 45.7 Å². The number of aliphatic hydroxyl groups excluding tert-OH is 1. The molecule has 0 fully saturated rings. The molecule has 2 amide bonds. The molecule has 6 nitrogen and oxygen atoms in total. The summed E-state index contributed by atoms with van der Waals surface area (Å²) in [6.07, 6.45) is 7.98. The van der Waals surface area contributed by atoms with Crippen molar-refractivity contribution in [3.8, 4) is 0 Å². The van der Waals surface area contributed by atoms with Gasteiger partial charge in [0.1, 0.15) is 0 Å². The van der Waals surface area contributed by atoms with Gasteiger partial charge in [0.2, 0.25) is 0 Å². The van der Waals surface area contributed by atoms with Crippen LogP contribution in [0.25, 0.3) is 0 Å². The zero-order chi connectivity index (χ0) is 16.8. The van der Waals surface area contributed by atoms with Crippen LogP contribution in [0, 0.1) is 0 Å². The smallest absolute Gasteiger partial charge is 0.314 e. The lowest BCUT2D eigenvalue weighted by Gasteiger charge is -2.12. The summed E-state index contributed by atoms with van der Waals surface area (Å²) < 4.78 is 0. The van der Waals surface area contributed by atoms with Gasteiger partial charge in [0, 0.05) is 36.8 Å². The lowest BCUT2D eigenvalue weighted by atomic mass is 10.0. The van der Waals surface area contributed by atoms with Crippen molar-refractivity contribution in [1.29, 1.82) is 0 Å². The third-order valence-corrected chi connectivity index (χ3v) is 5.28. The molecule has 3 rings (SSSR count). The first-order valence-corrected chi connectivity index (χ1v) is 9.11. The third-order valence-electron chi connectivity index (χ3n) is 4.06. The number of rotatable bonds is 6. The van der Waals surface area contributed by atoms with E-state index in [2.05, 4.69) is 20.6 Å². The third kappa shape index (κ3) is 4.52. The van der Waals surface area contributed by atoms with Crippen LogP contribution in [0.3, 0.4) is 0 Å². The van der Waals surface area contributed by atoms with E-state index in [0.717, 1.165) is 29.8 Å². The summed E-state index contributed by atoms with van der Waals surface area (Å²) in [6.45, 7) is 0.713. The minimum Gasteiger partial charge on any atom is -0.387 e. The van der Waals surface area contributed by atoms with Gasteiger partial charge < -0.3 is 15.7 Å². The maximum Gasteiger partial charge on any atom is 0.314 e. The number of hydrogen-bond acceptors (Lipinski definition) is 5. The average molecular weight is 346 g/mol. The Kier molecular flexibility index (Phi) is 5.77. The van der Waals surface area contributed by atoms with Crippen LogP contribution in [0.4, 0.5) is 4.79 Å². The molecule has 1 aliphatic rings. The van der Waals surface area contributed by atoms with Gasteiger partial charge in [-0.3, -0.25) is 4.98 Å². The van der Waals surface area contributed by atoms with E-state index in [0.29, 0.717) is 6.54 Å². The molecule has 1 unspecified atom stereocenters. The molecule has 2 aromatic heterocycles. The minimum atomic E-state index is -0.732. The number of thiazole rings is 1. The summed E-state index contributed by atoms with van der Waals surface area (Å²) in [6, 6.07) is 3.19. The summed E-state index contributed by atoms with van der Waals surface area (Å²) in [7, 11) is 0. The molecule has 3 N–H and O–H groups in total. The molecule has 2 heterocycles. The molecule has 0 saturated carbocycles. The molecular weight excluding hydrogens is 324 g/mol. The van der Waals surface area contributed by atoms with Gasteiger partial charge in [-0.2, -0.15) is 0 Å². The minimum absolute atomic E-state index is 0.168. The van der Waals surface area contributed by atoms with Crippen LogP contribution in [-0.2, 0) is 19.3 Å². The molecule has 7 heteroatoms. The standard InChI is InChI=1S/C17H22N4O2S/c22-14(12-5-8-18-9-6-12)11-20-17(23)19-10-7-16-21-13-3-1-2-4-15(13)24-16/h5-6,8-9,14,22H,1-4,7,10-11H2,(H2,19,20,23). The van der Waals surface area contributed by atoms with E-state index in [1.165, 1.54) is 23.4 Å². The highest BCUT2D eigenvalue weighted by atomic mass is 32.1. The monoisotopic (exact) mass is 346 g/mol. The molecule has 128 valence electrons. The van der Waals surface area contributed by atoms with Gasteiger partial charge in [0.15, 0.2) is 0 Å². The van der Waals surface area contributed by atoms with E-state index >= 15 is 0 Å². The van der Waals surface area contributed by atoms with E-state index < -0.39 is 6.10 Å². The number of carbonyl (C=O) groups excluding carboxylic acids is 1. The van der Waals surface area contributed by atoms with Gasteiger partial charge in [-0.1, -0.05) is 0 Å². The Morgan fingerprint density at radius 2 is 2.04 bits per heavy atom. The maximum absolute atomic E-state index is 11.8. The van der Waals surface area contributed by atoms with Gasteiger partial charge in [-0.25, -0.2) is 9.78 Å². The first kappa shape index (κ1) is 16.9. The molecule has 24 heavy (non-hydrogen) atoms. The van der Waals surface area contributed by atoms with E-state index in [1.807, 2.05) is 0 Å². The van der Waals surface area contributed by atoms with Gasteiger partial charge in [-0.15, -0.1) is 11.3 Å².